The minimum atomic E-state index is -3.46. The maximum Gasteiger partial charge on any atom is 0.275 e. The van der Waals surface area contributed by atoms with Crippen LogP contribution in [-0.4, -0.2) is 21.4 Å². The van der Waals surface area contributed by atoms with Gasteiger partial charge in [-0.3, -0.25) is 4.99 Å². The molecule has 1 aromatic rings. The summed E-state index contributed by atoms with van der Waals surface area (Å²) in [5, 5.41) is 2.91. The lowest BCUT2D eigenvalue weighted by Crippen LogP contribution is -2.39. The first kappa shape index (κ1) is 10.9. The van der Waals surface area contributed by atoms with Gasteiger partial charge in [-0.05, 0) is 22.9 Å². The second-order valence-electron chi connectivity index (χ2n) is 2.94. The molecule has 0 fully saturated rings. The molecule has 0 saturated carbocycles. The van der Waals surface area contributed by atoms with Gasteiger partial charge in [-0.15, -0.1) is 11.3 Å². The van der Waals surface area contributed by atoms with Gasteiger partial charge in [-0.2, -0.15) is 0 Å². The number of sulfonamides is 1. The average molecular weight is 310 g/mol. The second kappa shape index (κ2) is 3.46. The first-order chi connectivity index (χ1) is 6.95. The standard InChI is InChI=1S/C7H8BrN3O2S2/c1-3-4(8)5-6(14-3)15(12,13)11-7(9-2)10-5/h1-2H3,(H2,9,10,11). The molecule has 0 spiro atoms. The minimum Gasteiger partial charge on any atom is -0.323 e. The van der Waals surface area contributed by atoms with Crippen LogP contribution in [0.15, 0.2) is 13.7 Å². The Morgan fingerprint density at radius 1 is 1.47 bits per heavy atom. The highest BCUT2D eigenvalue weighted by molar-refractivity contribution is 9.10. The lowest BCUT2D eigenvalue weighted by Gasteiger charge is -2.18. The van der Waals surface area contributed by atoms with Crippen molar-refractivity contribution >= 4 is 48.9 Å². The van der Waals surface area contributed by atoms with Gasteiger partial charge in [0.25, 0.3) is 10.0 Å². The third-order valence-electron chi connectivity index (χ3n) is 1.92. The molecule has 2 rings (SSSR count). The summed E-state index contributed by atoms with van der Waals surface area (Å²) in [6, 6.07) is 0. The molecular formula is C7H8BrN3O2S2. The molecule has 15 heavy (non-hydrogen) atoms. The molecule has 1 aromatic heterocycles. The smallest absolute Gasteiger partial charge is 0.275 e. The van der Waals surface area contributed by atoms with Crippen LogP contribution in [0.25, 0.3) is 0 Å². The second-order valence-corrected chi connectivity index (χ2v) is 6.83. The Bertz CT molecular complexity index is 547. The maximum atomic E-state index is 11.8. The summed E-state index contributed by atoms with van der Waals surface area (Å²) in [5.41, 5.74) is 0.567. The number of nitrogens with one attached hydrogen (secondary N) is 2. The largest absolute Gasteiger partial charge is 0.323 e. The molecule has 0 radical (unpaired) electrons. The van der Waals surface area contributed by atoms with Crippen LogP contribution >= 0.6 is 27.3 Å². The molecule has 1 aliphatic rings. The predicted molar refractivity (Wildman–Crippen MR) is 64.1 cm³/mol. The zero-order valence-electron chi connectivity index (χ0n) is 7.96. The summed E-state index contributed by atoms with van der Waals surface area (Å²) in [7, 11) is -1.94. The number of hydrogen-bond acceptors (Lipinski definition) is 4. The Morgan fingerprint density at radius 3 is 2.73 bits per heavy atom. The number of rotatable bonds is 0. The van der Waals surface area contributed by atoms with E-state index in [-0.39, 0.29) is 5.96 Å². The van der Waals surface area contributed by atoms with Gasteiger partial charge in [0, 0.05) is 11.9 Å². The van der Waals surface area contributed by atoms with E-state index in [1.807, 2.05) is 6.92 Å². The van der Waals surface area contributed by atoms with Crippen LogP contribution in [-0.2, 0) is 10.0 Å². The molecule has 0 amide bonds. The molecule has 8 heteroatoms. The van der Waals surface area contributed by atoms with E-state index < -0.39 is 10.0 Å². The molecule has 0 bridgehead atoms. The molecule has 2 heterocycles. The number of anilines is 1. The van der Waals surface area contributed by atoms with Gasteiger partial charge >= 0.3 is 0 Å². The molecule has 0 aliphatic carbocycles. The molecule has 0 atom stereocenters. The quantitative estimate of drug-likeness (QED) is 0.763. The van der Waals surface area contributed by atoms with Crippen molar-refractivity contribution in [3.05, 3.63) is 9.35 Å². The minimum absolute atomic E-state index is 0.237. The fourth-order valence-electron chi connectivity index (χ4n) is 1.21. The van der Waals surface area contributed by atoms with Crippen molar-refractivity contribution in [2.75, 3.05) is 12.4 Å². The monoisotopic (exact) mass is 309 g/mol. The number of aryl methyl sites for hydroxylation is 1. The molecule has 0 saturated heterocycles. The fourth-order valence-corrected chi connectivity index (χ4v) is 4.59. The number of hydrogen-bond donors (Lipinski definition) is 2. The van der Waals surface area contributed by atoms with Crippen molar-refractivity contribution in [3.8, 4) is 0 Å². The first-order valence-corrected chi connectivity index (χ1v) is 7.10. The Hall–Kier alpha value is -0.600. The molecule has 0 unspecified atom stereocenters. The van der Waals surface area contributed by atoms with E-state index in [0.717, 1.165) is 9.35 Å². The molecular weight excluding hydrogens is 302 g/mol. The number of aliphatic imine (C=N–C) groups is 1. The zero-order chi connectivity index (χ0) is 11.2. The molecule has 82 valence electrons. The van der Waals surface area contributed by atoms with E-state index in [4.69, 9.17) is 0 Å². The van der Waals surface area contributed by atoms with Crippen LogP contribution in [0.2, 0.25) is 0 Å². The summed E-state index contributed by atoms with van der Waals surface area (Å²) in [5.74, 6) is 0.237. The van der Waals surface area contributed by atoms with Gasteiger partial charge < -0.3 is 5.32 Å². The van der Waals surface area contributed by atoms with Crippen LogP contribution in [0.1, 0.15) is 4.88 Å². The summed E-state index contributed by atoms with van der Waals surface area (Å²) in [6.07, 6.45) is 0. The van der Waals surface area contributed by atoms with Crippen LogP contribution in [0, 0.1) is 6.92 Å². The Morgan fingerprint density at radius 2 is 2.13 bits per heavy atom. The van der Waals surface area contributed by atoms with E-state index >= 15 is 0 Å². The predicted octanol–water partition coefficient (Wildman–Crippen LogP) is 1.51. The van der Waals surface area contributed by atoms with Crippen LogP contribution in [0.5, 0.6) is 0 Å². The van der Waals surface area contributed by atoms with Crippen molar-refractivity contribution in [3.63, 3.8) is 0 Å². The van der Waals surface area contributed by atoms with Crippen LogP contribution in [0.3, 0.4) is 0 Å². The van der Waals surface area contributed by atoms with Gasteiger partial charge in [0.15, 0.2) is 4.21 Å². The molecule has 1 aliphatic heterocycles. The van der Waals surface area contributed by atoms with E-state index in [1.54, 1.807) is 0 Å². The van der Waals surface area contributed by atoms with Crippen molar-refractivity contribution in [1.29, 1.82) is 0 Å². The lowest BCUT2D eigenvalue weighted by molar-refractivity contribution is 0.594. The molecule has 2 N–H and O–H groups in total. The number of nitrogens with zero attached hydrogens (tertiary/aromatic N) is 1. The summed E-state index contributed by atoms with van der Waals surface area (Å²) >= 11 is 4.57. The van der Waals surface area contributed by atoms with Gasteiger partial charge in [0.05, 0.1) is 10.2 Å². The Labute approximate surface area is 99.8 Å². The highest BCUT2D eigenvalue weighted by Crippen LogP contribution is 2.41. The molecule has 0 aromatic carbocycles. The van der Waals surface area contributed by atoms with Gasteiger partial charge in [0.1, 0.15) is 0 Å². The van der Waals surface area contributed by atoms with Gasteiger partial charge in [-0.25, -0.2) is 13.1 Å². The zero-order valence-corrected chi connectivity index (χ0v) is 11.2. The molecule has 5 nitrogen and oxygen atoms in total. The summed E-state index contributed by atoms with van der Waals surface area (Å²) in [4.78, 5) is 4.70. The Kier molecular flexibility index (Phi) is 2.52. The normalized spacial score (nSPS) is 20.6. The number of guanidine groups is 1. The fraction of sp³-hybridized carbons (Fsp3) is 0.286. The lowest BCUT2D eigenvalue weighted by atomic mass is 10.4. The van der Waals surface area contributed by atoms with Crippen molar-refractivity contribution in [2.24, 2.45) is 4.99 Å². The highest BCUT2D eigenvalue weighted by Gasteiger charge is 2.31. The SMILES string of the molecule is CN=C1Nc2c(sc(C)c2Br)S(=O)(=O)N1. The third kappa shape index (κ3) is 1.66. The van der Waals surface area contributed by atoms with E-state index in [2.05, 4.69) is 31.0 Å². The van der Waals surface area contributed by atoms with Crippen molar-refractivity contribution in [1.82, 2.24) is 4.72 Å². The topological polar surface area (TPSA) is 70.6 Å². The first-order valence-electron chi connectivity index (χ1n) is 4.01. The number of halogens is 1. The number of fused-ring (bicyclic) bond motifs is 1. The van der Waals surface area contributed by atoms with Crippen molar-refractivity contribution < 1.29 is 8.42 Å². The van der Waals surface area contributed by atoms with Gasteiger partial charge in [-0.1, -0.05) is 0 Å². The van der Waals surface area contributed by atoms with E-state index in [9.17, 15) is 8.42 Å². The highest BCUT2D eigenvalue weighted by atomic mass is 79.9. The third-order valence-corrected chi connectivity index (χ3v) is 6.14. The Balaban J connectivity index is 2.71. The summed E-state index contributed by atoms with van der Waals surface area (Å²) in [6.45, 7) is 1.85. The van der Waals surface area contributed by atoms with Crippen LogP contribution < -0.4 is 10.0 Å². The summed E-state index contributed by atoms with van der Waals surface area (Å²) < 4.78 is 26.9. The maximum absolute atomic E-state index is 11.8. The van der Waals surface area contributed by atoms with E-state index in [1.165, 1.54) is 18.4 Å². The van der Waals surface area contributed by atoms with Gasteiger partial charge in [0.2, 0.25) is 5.96 Å². The van der Waals surface area contributed by atoms with Crippen LogP contribution in [0.4, 0.5) is 5.69 Å². The van der Waals surface area contributed by atoms with E-state index in [0.29, 0.717) is 9.90 Å². The van der Waals surface area contributed by atoms with Crippen molar-refractivity contribution in [2.45, 2.75) is 11.1 Å². The number of thiophene rings is 1. The average Bonchev–Trinajstić information content (AvgIpc) is 2.45.